The lowest BCUT2D eigenvalue weighted by Crippen LogP contribution is -2.17. The van der Waals surface area contributed by atoms with Crippen LogP contribution in [0.4, 0.5) is 10.1 Å². The molecule has 2 N–H and O–H groups in total. The number of halogens is 1. The second-order valence-corrected chi connectivity index (χ2v) is 6.40. The Hall–Kier alpha value is -2.67. The topological polar surface area (TPSA) is 83.5 Å². The fourth-order valence-electron chi connectivity index (χ4n) is 2.17. The van der Waals surface area contributed by atoms with Crippen molar-refractivity contribution in [2.24, 2.45) is 0 Å². The van der Waals surface area contributed by atoms with Crippen LogP contribution in [-0.2, 0) is 10.0 Å². The van der Waals surface area contributed by atoms with Crippen molar-refractivity contribution in [1.29, 1.82) is 0 Å². The summed E-state index contributed by atoms with van der Waals surface area (Å²) < 4.78 is 40.4. The first-order chi connectivity index (χ1) is 10.8. The summed E-state index contributed by atoms with van der Waals surface area (Å²) in [5, 5.41) is 9.35. The molecule has 0 aliphatic rings. The maximum atomic E-state index is 13.7. The largest absolute Gasteiger partial charge is 0.478 e. The first kappa shape index (κ1) is 16.7. The zero-order valence-corrected chi connectivity index (χ0v) is 13.0. The maximum Gasteiger partial charge on any atom is 0.338 e. The molecule has 0 atom stereocenters. The van der Waals surface area contributed by atoms with E-state index in [0.717, 1.165) is 12.1 Å². The van der Waals surface area contributed by atoms with Crippen LogP contribution in [0.3, 0.4) is 0 Å². The molecule has 2 aromatic rings. The van der Waals surface area contributed by atoms with Gasteiger partial charge < -0.3 is 5.11 Å². The van der Waals surface area contributed by atoms with E-state index < -0.39 is 26.7 Å². The fraction of sp³-hybridized carbons (Fsp3) is 0.0625. The lowest BCUT2D eigenvalue weighted by Gasteiger charge is -2.14. The third-order valence-electron chi connectivity index (χ3n) is 3.31. The van der Waals surface area contributed by atoms with Gasteiger partial charge in [0.25, 0.3) is 10.0 Å². The van der Waals surface area contributed by atoms with Gasteiger partial charge in [0.15, 0.2) is 0 Å². The third-order valence-corrected chi connectivity index (χ3v) is 4.71. The molecule has 0 aromatic heterocycles. The van der Waals surface area contributed by atoms with Gasteiger partial charge in [0.2, 0.25) is 0 Å². The minimum Gasteiger partial charge on any atom is -0.478 e. The number of carboxylic acids is 1. The number of carbonyl (C=O) groups is 1. The van der Waals surface area contributed by atoms with E-state index in [2.05, 4.69) is 11.3 Å². The molecule has 0 saturated heterocycles. The SMILES string of the molecule is C=Cc1ccc(NS(=O)(=O)c2ccccc2F)c(C(=O)O)c1C. The van der Waals surface area contributed by atoms with Crippen molar-refractivity contribution in [2.75, 3.05) is 4.72 Å². The zero-order valence-electron chi connectivity index (χ0n) is 12.2. The van der Waals surface area contributed by atoms with Gasteiger partial charge in [0.05, 0.1) is 11.3 Å². The number of anilines is 1. The van der Waals surface area contributed by atoms with Crippen LogP contribution in [-0.4, -0.2) is 19.5 Å². The van der Waals surface area contributed by atoms with Gasteiger partial charge in [0, 0.05) is 0 Å². The first-order valence-electron chi connectivity index (χ1n) is 6.54. The summed E-state index contributed by atoms with van der Waals surface area (Å²) in [4.78, 5) is 10.9. The highest BCUT2D eigenvalue weighted by atomic mass is 32.2. The first-order valence-corrected chi connectivity index (χ1v) is 8.03. The summed E-state index contributed by atoms with van der Waals surface area (Å²) in [6, 6.07) is 7.70. The lowest BCUT2D eigenvalue weighted by atomic mass is 10.0. The van der Waals surface area contributed by atoms with Crippen LogP contribution >= 0.6 is 0 Å². The number of hydrogen-bond acceptors (Lipinski definition) is 3. The van der Waals surface area contributed by atoms with Gasteiger partial charge in [-0.3, -0.25) is 4.72 Å². The molecule has 0 bridgehead atoms. The van der Waals surface area contributed by atoms with Crippen molar-refractivity contribution < 1.29 is 22.7 Å². The molecule has 7 heteroatoms. The lowest BCUT2D eigenvalue weighted by molar-refractivity contribution is 0.0697. The number of sulfonamides is 1. The van der Waals surface area contributed by atoms with Crippen LogP contribution in [0.1, 0.15) is 21.5 Å². The maximum absolute atomic E-state index is 13.7. The van der Waals surface area contributed by atoms with Crippen molar-refractivity contribution in [3.63, 3.8) is 0 Å². The predicted octanol–water partition coefficient (Wildman–Crippen LogP) is 3.28. The minimum absolute atomic E-state index is 0.135. The number of benzene rings is 2. The second-order valence-electron chi connectivity index (χ2n) is 4.75. The molecule has 0 spiro atoms. The van der Waals surface area contributed by atoms with Crippen molar-refractivity contribution in [1.82, 2.24) is 0 Å². The van der Waals surface area contributed by atoms with Gasteiger partial charge in [-0.1, -0.05) is 30.9 Å². The quantitative estimate of drug-likeness (QED) is 0.878. The Morgan fingerprint density at radius 3 is 2.48 bits per heavy atom. The highest BCUT2D eigenvalue weighted by Gasteiger charge is 2.23. The molecule has 23 heavy (non-hydrogen) atoms. The monoisotopic (exact) mass is 335 g/mol. The van der Waals surface area contributed by atoms with Gasteiger partial charge >= 0.3 is 5.97 Å². The zero-order chi connectivity index (χ0) is 17.2. The summed E-state index contributed by atoms with van der Waals surface area (Å²) in [5.41, 5.74) is 0.587. The normalized spacial score (nSPS) is 11.0. The molecule has 5 nitrogen and oxygen atoms in total. The fourth-order valence-corrected chi connectivity index (χ4v) is 3.32. The summed E-state index contributed by atoms with van der Waals surface area (Å²) >= 11 is 0. The molecule has 2 rings (SSSR count). The van der Waals surface area contributed by atoms with Crippen molar-refractivity contribution in [2.45, 2.75) is 11.8 Å². The molecule has 0 aliphatic carbocycles. The highest BCUT2D eigenvalue weighted by Crippen LogP contribution is 2.27. The van der Waals surface area contributed by atoms with E-state index in [1.165, 1.54) is 30.3 Å². The summed E-state index contributed by atoms with van der Waals surface area (Å²) in [6.45, 7) is 5.12. The van der Waals surface area contributed by atoms with Crippen molar-refractivity contribution in [3.8, 4) is 0 Å². The molecule has 0 fully saturated rings. The van der Waals surface area contributed by atoms with E-state index >= 15 is 0 Å². The number of nitrogens with one attached hydrogen (secondary N) is 1. The molecular weight excluding hydrogens is 321 g/mol. The van der Waals surface area contributed by atoms with Crippen LogP contribution in [0.25, 0.3) is 6.08 Å². The second kappa shape index (κ2) is 6.21. The van der Waals surface area contributed by atoms with Gasteiger partial charge in [0.1, 0.15) is 10.7 Å². The highest BCUT2D eigenvalue weighted by molar-refractivity contribution is 7.92. The Labute approximate surface area is 133 Å². The van der Waals surface area contributed by atoms with E-state index in [0.29, 0.717) is 11.1 Å². The molecule has 120 valence electrons. The Balaban J connectivity index is 2.56. The number of aromatic carboxylic acids is 1. The third kappa shape index (κ3) is 3.24. The number of carboxylic acid groups (broad SMARTS) is 1. The summed E-state index contributed by atoms with van der Waals surface area (Å²) in [7, 11) is -4.25. The summed E-state index contributed by atoms with van der Waals surface area (Å²) in [6.07, 6.45) is 1.47. The minimum atomic E-state index is -4.25. The van der Waals surface area contributed by atoms with Crippen LogP contribution in [0.2, 0.25) is 0 Å². The van der Waals surface area contributed by atoms with Gasteiger partial charge in [-0.15, -0.1) is 0 Å². The Morgan fingerprint density at radius 1 is 1.26 bits per heavy atom. The average molecular weight is 335 g/mol. The Morgan fingerprint density at radius 2 is 1.91 bits per heavy atom. The number of hydrogen-bond donors (Lipinski definition) is 2. The van der Waals surface area contributed by atoms with Crippen LogP contribution < -0.4 is 4.72 Å². The number of rotatable bonds is 5. The van der Waals surface area contributed by atoms with Crippen LogP contribution in [0.15, 0.2) is 47.9 Å². The molecular formula is C16H14FNO4S. The van der Waals surface area contributed by atoms with Crippen LogP contribution in [0.5, 0.6) is 0 Å². The van der Waals surface area contributed by atoms with Crippen molar-refractivity contribution >= 4 is 27.8 Å². The molecule has 0 heterocycles. The molecule has 0 saturated carbocycles. The Kier molecular flexibility index (Phi) is 4.51. The average Bonchev–Trinajstić information content (AvgIpc) is 2.47. The molecule has 0 unspecified atom stereocenters. The van der Waals surface area contributed by atoms with E-state index in [1.807, 2.05) is 0 Å². The summed E-state index contributed by atoms with van der Waals surface area (Å²) in [5.74, 6) is -2.21. The Bertz CT molecular complexity index is 891. The van der Waals surface area contributed by atoms with Gasteiger partial charge in [-0.25, -0.2) is 17.6 Å². The predicted molar refractivity (Wildman–Crippen MR) is 85.4 cm³/mol. The van der Waals surface area contributed by atoms with E-state index in [4.69, 9.17) is 0 Å². The van der Waals surface area contributed by atoms with E-state index in [1.54, 1.807) is 6.92 Å². The molecule has 0 aliphatic heterocycles. The molecule has 0 amide bonds. The standard InChI is InChI=1S/C16H14FNO4S/c1-3-11-8-9-13(15(10(11)2)16(19)20)18-23(21,22)14-7-5-4-6-12(14)17/h3-9,18H,1H2,2H3,(H,19,20). The smallest absolute Gasteiger partial charge is 0.338 e. The molecule has 2 aromatic carbocycles. The van der Waals surface area contributed by atoms with Gasteiger partial charge in [-0.2, -0.15) is 0 Å². The van der Waals surface area contributed by atoms with E-state index in [9.17, 15) is 22.7 Å². The van der Waals surface area contributed by atoms with Gasteiger partial charge in [-0.05, 0) is 36.2 Å². The van der Waals surface area contributed by atoms with E-state index in [-0.39, 0.29) is 11.3 Å². The van der Waals surface area contributed by atoms with Crippen molar-refractivity contribution in [3.05, 3.63) is 65.5 Å². The van der Waals surface area contributed by atoms with Crippen LogP contribution in [0, 0.1) is 12.7 Å². The molecule has 0 radical (unpaired) electrons.